The lowest BCUT2D eigenvalue weighted by Crippen LogP contribution is -1.99. The topological polar surface area (TPSA) is 33.4 Å². The van der Waals surface area contributed by atoms with Gasteiger partial charge in [-0.1, -0.05) is 31.9 Å². The van der Waals surface area contributed by atoms with E-state index >= 15 is 0 Å². The Balaban J connectivity index is 2.41. The Morgan fingerprint density at radius 1 is 1.20 bits per heavy atom. The van der Waals surface area contributed by atoms with E-state index in [1.165, 1.54) is 0 Å². The van der Waals surface area contributed by atoms with Gasteiger partial charge in [0.1, 0.15) is 11.9 Å². The number of benzene rings is 1. The van der Waals surface area contributed by atoms with Crippen LogP contribution in [-0.4, -0.2) is 5.11 Å². The summed E-state index contributed by atoms with van der Waals surface area (Å²) in [4.78, 5) is 0. The second kappa shape index (κ2) is 4.51. The van der Waals surface area contributed by atoms with E-state index in [9.17, 15) is 5.11 Å². The van der Waals surface area contributed by atoms with E-state index in [0.717, 1.165) is 14.5 Å². The Kier molecular flexibility index (Phi) is 3.29. The fourth-order valence-electron chi connectivity index (χ4n) is 1.32. The lowest BCUT2D eigenvalue weighted by Gasteiger charge is -2.10. The molecule has 0 saturated carbocycles. The number of aliphatic hydroxyl groups is 1. The van der Waals surface area contributed by atoms with Crippen LogP contribution in [0.5, 0.6) is 0 Å². The molecule has 4 heteroatoms. The summed E-state index contributed by atoms with van der Waals surface area (Å²) in [6.07, 6.45) is 0.802. The molecular weight excluding hydrogens is 324 g/mol. The first-order valence-corrected chi connectivity index (χ1v) is 5.93. The number of halogens is 2. The number of hydrogen-bond donors (Lipinski definition) is 1. The summed E-state index contributed by atoms with van der Waals surface area (Å²) in [5.41, 5.74) is 0.777. The number of rotatable bonds is 2. The van der Waals surface area contributed by atoms with Gasteiger partial charge in [-0.2, -0.15) is 0 Å². The summed E-state index contributed by atoms with van der Waals surface area (Å²) >= 11 is 6.76. The van der Waals surface area contributed by atoms with E-state index in [-0.39, 0.29) is 0 Å². The van der Waals surface area contributed by atoms with Gasteiger partial charge < -0.3 is 9.52 Å². The number of aliphatic hydroxyl groups excluding tert-OH is 1. The standard InChI is InChI=1S/C11H8Br2O2/c12-7-3-4-9(13)8(6-7)11(14)10-2-1-5-15-10/h1-6,11,14H. The van der Waals surface area contributed by atoms with E-state index in [2.05, 4.69) is 31.9 Å². The highest BCUT2D eigenvalue weighted by Crippen LogP contribution is 2.30. The van der Waals surface area contributed by atoms with Crippen LogP contribution in [0.1, 0.15) is 17.4 Å². The van der Waals surface area contributed by atoms with Crippen LogP contribution in [0, 0.1) is 0 Å². The number of furan rings is 1. The highest BCUT2D eigenvalue weighted by Gasteiger charge is 2.16. The first kappa shape index (κ1) is 10.9. The van der Waals surface area contributed by atoms with Gasteiger partial charge in [0, 0.05) is 14.5 Å². The van der Waals surface area contributed by atoms with Crippen molar-refractivity contribution < 1.29 is 9.52 Å². The van der Waals surface area contributed by atoms with Gasteiger partial charge in [0.15, 0.2) is 0 Å². The molecule has 2 rings (SSSR count). The minimum Gasteiger partial charge on any atom is -0.466 e. The van der Waals surface area contributed by atoms with Crippen molar-refractivity contribution in [2.24, 2.45) is 0 Å². The molecule has 1 aromatic carbocycles. The molecule has 0 bridgehead atoms. The Bertz CT molecular complexity index is 452. The first-order valence-electron chi connectivity index (χ1n) is 4.35. The maximum Gasteiger partial charge on any atom is 0.138 e. The Hall–Kier alpha value is -0.580. The van der Waals surface area contributed by atoms with Gasteiger partial charge >= 0.3 is 0 Å². The summed E-state index contributed by atoms with van der Waals surface area (Å²) in [6.45, 7) is 0. The summed E-state index contributed by atoms with van der Waals surface area (Å²) in [5, 5.41) is 10.0. The quantitative estimate of drug-likeness (QED) is 0.905. The molecule has 15 heavy (non-hydrogen) atoms. The third-order valence-electron chi connectivity index (χ3n) is 2.07. The smallest absolute Gasteiger partial charge is 0.138 e. The highest BCUT2D eigenvalue weighted by atomic mass is 79.9. The normalized spacial score (nSPS) is 12.7. The fraction of sp³-hybridized carbons (Fsp3) is 0.0909. The molecule has 0 aliphatic carbocycles. The molecule has 2 nitrogen and oxygen atoms in total. The zero-order valence-corrected chi connectivity index (χ0v) is 10.8. The van der Waals surface area contributed by atoms with Gasteiger partial charge in [0.05, 0.1) is 6.26 Å². The van der Waals surface area contributed by atoms with Crippen LogP contribution < -0.4 is 0 Å². The van der Waals surface area contributed by atoms with Crippen molar-refractivity contribution in [2.45, 2.75) is 6.10 Å². The molecule has 0 amide bonds. The van der Waals surface area contributed by atoms with Gasteiger partial charge in [-0.25, -0.2) is 0 Å². The molecule has 1 heterocycles. The Morgan fingerprint density at radius 3 is 2.67 bits per heavy atom. The molecule has 78 valence electrons. The molecule has 1 N–H and O–H groups in total. The largest absolute Gasteiger partial charge is 0.466 e. The van der Waals surface area contributed by atoms with Crippen LogP contribution in [0.3, 0.4) is 0 Å². The zero-order chi connectivity index (χ0) is 10.8. The van der Waals surface area contributed by atoms with Crippen molar-refractivity contribution in [3.8, 4) is 0 Å². The van der Waals surface area contributed by atoms with Crippen LogP contribution in [-0.2, 0) is 0 Å². The van der Waals surface area contributed by atoms with Crippen molar-refractivity contribution >= 4 is 31.9 Å². The van der Waals surface area contributed by atoms with Crippen molar-refractivity contribution in [2.75, 3.05) is 0 Å². The van der Waals surface area contributed by atoms with Gasteiger partial charge in [0.25, 0.3) is 0 Å². The molecule has 0 fully saturated rings. The molecule has 0 aliphatic heterocycles. The molecule has 0 spiro atoms. The SMILES string of the molecule is OC(c1ccco1)c1cc(Br)ccc1Br. The van der Waals surface area contributed by atoms with E-state index in [1.54, 1.807) is 18.4 Å². The van der Waals surface area contributed by atoms with Gasteiger partial charge in [-0.3, -0.25) is 0 Å². The van der Waals surface area contributed by atoms with E-state index in [4.69, 9.17) is 4.42 Å². The summed E-state index contributed by atoms with van der Waals surface area (Å²) < 4.78 is 6.94. The highest BCUT2D eigenvalue weighted by molar-refractivity contribution is 9.11. The maximum absolute atomic E-state index is 10.0. The molecule has 0 saturated heterocycles. The van der Waals surface area contributed by atoms with Crippen molar-refractivity contribution in [1.29, 1.82) is 0 Å². The monoisotopic (exact) mass is 330 g/mol. The maximum atomic E-state index is 10.0. The average molecular weight is 332 g/mol. The van der Waals surface area contributed by atoms with Crippen LogP contribution in [0.25, 0.3) is 0 Å². The Labute approximate surface area is 104 Å². The molecule has 2 aromatic rings. The minimum absolute atomic E-state index is 0.536. The molecule has 0 aliphatic rings. The summed E-state index contributed by atoms with van der Waals surface area (Å²) in [5.74, 6) is 0.536. The molecule has 1 atom stereocenters. The van der Waals surface area contributed by atoms with Gasteiger partial charge in [-0.05, 0) is 30.3 Å². The predicted molar refractivity (Wildman–Crippen MR) is 64.6 cm³/mol. The van der Waals surface area contributed by atoms with E-state index < -0.39 is 6.10 Å². The zero-order valence-electron chi connectivity index (χ0n) is 7.65. The predicted octanol–water partition coefficient (Wildman–Crippen LogP) is 3.89. The van der Waals surface area contributed by atoms with Crippen LogP contribution in [0.4, 0.5) is 0 Å². The van der Waals surface area contributed by atoms with Gasteiger partial charge in [0.2, 0.25) is 0 Å². The fourth-order valence-corrected chi connectivity index (χ4v) is 2.17. The van der Waals surface area contributed by atoms with Crippen LogP contribution in [0.15, 0.2) is 50.0 Å². The number of hydrogen-bond acceptors (Lipinski definition) is 2. The van der Waals surface area contributed by atoms with Gasteiger partial charge in [-0.15, -0.1) is 0 Å². The summed E-state index contributed by atoms with van der Waals surface area (Å²) in [7, 11) is 0. The van der Waals surface area contributed by atoms with Crippen LogP contribution >= 0.6 is 31.9 Å². The molecule has 1 unspecified atom stereocenters. The average Bonchev–Trinajstić information content (AvgIpc) is 2.74. The second-order valence-electron chi connectivity index (χ2n) is 3.08. The van der Waals surface area contributed by atoms with E-state index in [1.807, 2.05) is 18.2 Å². The first-order chi connectivity index (χ1) is 7.18. The lowest BCUT2D eigenvalue weighted by molar-refractivity contribution is 0.188. The molecular formula is C11H8Br2O2. The third kappa shape index (κ3) is 2.33. The Morgan fingerprint density at radius 2 is 2.00 bits per heavy atom. The lowest BCUT2D eigenvalue weighted by atomic mass is 10.1. The second-order valence-corrected chi connectivity index (χ2v) is 4.85. The van der Waals surface area contributed by atoms with E-state index in [0.29, 0.717) is 5.76 Å². The third-order valence-corrected chi connectivity index (χ3v) is 3.28. The van der Waals surface area contributed by atoms with Crippen molar-refractivity contribution in [3.63, 3.8) is 0 Å². The molecule has 1 aromatic heterocycles. The van der Waals surface area contributed by atoms with Crippen LogP contribution in [0.2, 0.25) is 0 Å². The minimum atomic E-state index is -0.744. The molecule has 0 radical (unpaired) electrons. The van der Waals surface area contributed by atoms with Crippen molar-refractivity contribution in [1.82, 2.24) is 0 Å². The van der Waals surface area contributed by atoms with Crippen molar-refractivity contribution in [3.05, 3.63) is 56.9 Å². The summed E-state index contributed by atoms with van der Waals surface area (Å²) in [6, 6.07) is 9.15.